The Labute approximate surface area is 264 Å². The molecule has 0 amide bonds. The van der Waals surface area contributed by atoms with Gasteiger partial charge in [-0.15, -0.1) is 0 Å². The molecule has 0 saturated heterocycles. The number of nitrogens with zero attached hydrogens (tertiary/aromatic N) is 2. The Balaban J connectivity index is 1.23. The third kappa shape index (κ3) is 3.11. The molecule has 3 heteroatoms. The molecule has 3 heterocycles. The second-order valence-electron chi connectivity index (χ2n) is 12.5. The molecule has 1 aliphatic carbocycles. The SMILES string of the molecule is c1ccc2c(c1)Cc1ccc(-n3c4ccccc4c4c5c6ccccc6n(-c6ccc7oc8ccccc8c7c6)c5ccc43)cc1-2. The fourth-order valence-electron chi connectivity index (χ4n) is 8.18. The summed E-state index contributed by atoms with van der Waals surface area (Å²) in [6.07, 6.45) is 0.999. The maximum Gasteiger partial charge on any atom is 0.135 e. The van der Waals surface area contributed by atoms with E-state index in [1.165, 1.54) is 71.6 Å². The summed E-state index contributed by atoms with van der Waals surface area (Å²) in [5.74, 6) is 0. The van der Waals surface area contributed by atoms with Gasteiger partial charge in [0.05, 0.1) is 22.1 Å². The van der Waals surface area contributed by atoms with Crippen LogP contribution in [0.3, 0.4) is 0 Å². The number of hydrogen-bond acceptors (Lipinski definition) is 1. The van der Waals surface area contributed by atoms with E-state index in [1.54, 1.807) is 0 Å². The molecule has 7 aromatic carbocycles. The van der Waals surface area contributed by atoms with Crippen LogP contribution in [-0.2, 0) is 6.42 Å². The molecule has 11 rings (SSSR count). The molecule has 3 nitrogen and oxygen atoms in total. The highest BCUT2D eigenvalue weighted by molar-refractivity contribution is 6.29. The molecule has 46 heavy (non-hydrogen) atoms. The predicted octanol–water partition coefficient (Wildman–Crippen LogP) is 11.4. The van der Waals surface area contributed by atoms with E-state index in [2.05, 4.69) is 143 Å². The second-order valence-corrected chi connectivity index (χ2v) is 12.5. The first-order valence-electron chi connectivity index (χ1n) is 15.9. The third-order valence-corrected chi connectivity index (χ3v) is 10.1. The van der Waals surface area contributed by atoms with Gasteiger partial charge in [-0.1, -0.05) is 84.9 Å². The Morgan fingerprint density at radius 1 is 0.391 bits per heavy atom. The van der Waals surface area contributed by atoms with Crippen LogP contribution >= 0.6 is 0 Å². The summed E-state index contributed by atoms with van der Waals surface area (Å²) in [7, 11) is 0. The Kier molecular flexibility index (Phi) is 4.63. The number of hydrogen-bond donors (Lipinski definition) is 0. The first-order chi connectivity index (χ1) is 22.8. The van der Waals surface area contributed by atoms with Gasteiger partial charge < -0.3 is 13.6 Å². The van der Waals surface area contributed by atoms with Gasteiger partial charge in [-0.25, -0.2) is 0 Å². The third-order valence-electron chi connectivity index (χ3n) is 10.1. The van der Waals surface area contributed by atoms with Gasteiger partial charge in [0, 0.05) is 43.7 Å². The Bertz CT molecular complexity index is 2900. The minimum Gasteiger partial charge on any atom is -0.456 e. The summed E-state index contributed by atoms with van der Waals surface area (Å²) in [6, 6.07) is 53.1. The summed E-state index contributed by atoms with van der Waals surface area (Å²) in [4.78, 5) is 0. The smallest absolute Gasteiger partial charge is 0.135 e. The maximum atomic E-state index is 6.19. The van der Waals surface area contributed by atoms with Crippen molar-refractivity contribution in [1.82, 2.24) is 9.13 Å². The lowest BCUT2D eigenvalue weighted by Crippen LogP contribution is -1.95. The first-order valence-corrected chi connectivity index (χ1v) is 15.9. The monoisotopic (exact) mass is 586 g/mol. The summed E-state index contributed by atoms with van der Waals surface area (Å²) in [6.45, 7) is 0. The normalized spacial score (nSPS) is 12.7. The molecule has 0 spiro atoms. The van der Waals surface area contributed by atoms with Crippen molar-refractivity contribution in [3.8, 4) is 22.5 Å². The van der Waals surface area contributed by atoms with Gasteiger partial charge in [-0.05, 0) is 89.3 Å². The van der Waals surface area contributed by atoms with Gasteiger partial charge in [0.2, 0.25) is 0 Å². The van der Waals surface area contributed by atoms with E-state index >= 15 is 0 Å². The number of para-hydroxylation sites is 3. The van der Waals surface area contributed by atoms with Gasteiger partial charge in [0.25, 0.3) is 0 Å². The molecule has 0 N–H and O–H groups in total. The Morgan fingerprint density at radius 2 is 0.957 bits per heavy atom. The highest BCUT2D eigenvalue weighted by atomic mass is 16.3. The van der Waals surface area contributed by atoms with Gasteiger partial charge in [0.1, 0.15) is 11.2 Å². The van der Waals surface area contributed by atoms with Crippen LogP contribution in [0.2, 0.25) is 0 Å². The zero-order valence-electron chi connectivity index (χ0n) is 24.9. The van der Waals surface area contributed by atoms with Crippen molar-refractivity contribution in [3.05, 3.63) is 157 Å². The van der Waals surface area contributed by atoms with Gasteiger partial charge in [0.15, 0.2) is 0 Å². The van der Waals surface area contributed by atoms with Crippen molar-refractivity contribution in [3.63, 3.8) is 0 Å². The number of benzene rings is 7. The number of fused-ring (bicyclic) bond motifs is 13. The molecular formula is C43H26N2O. The predicted molar refractivity (Wildman–Crippen MR) is 191 cm³/mol. The van der Waals surface area contributed by atoms with E-state index in [4.69, 9.17) is 4.42 Å². The second kappa shape index (κ2) is 8.77. The lowest BCUT2D eigenvalue weighted by Gasteiger charge is -2.11. The first kappa shape index (κ1) is 24.3. The van der Waals surface area contributed by atoms with Crippen LogP contribution in [0.25, 0.3) is 88.1 Å². The molecule has 214 valence electrons. The van der Waals surface area contributed by atoms with E-state index in [-0.39, 0.29) is 0 Å². The van der Waals surface area contributed by atoms with Crippen LogP contribution in [0.15, 0.2) is 150 Å². The van der Waals surface area contributed by atoms with Crippen LogP contribution in [0.5, 0.6) is 0 Å². The van der Waals surface area contributed by atoms with E-state index in [9.17, 15) is 0 Å². The van der Waals surface area contributed by atoms with Crippen LogP contribution in [0.4, 0.5) is 0 Å². The van der Waals surface area contributed by atoms with Crippen LogP contribution in [0.1, 0.15) is 11.1 Å². The summed E-state index contributed by atoms with van der Waals surface area (Å²) < 4.78 is 11.1. The Hall–Kier alpha value is -6.06. The van der Waals surface area contributed by atoms with Crippen molar-refractivity contribution in [2.75, 3.05) is 0 Å². The summed E-state index contributed by atoms with van der Waals surface area (Å²) in [5.41, 5.74) is 14.5. The molecule has 0 unspecified atom stereocenters. The van der Waals surface area contributed by atoms with Crippen molar-refractivity contribution in [2.45, 2.75) is 6.42 Å². The highest BCUT2D eigenvalue weighted by Crippen LogP contribution is 2.44. The minimum atomic E-state index is 0.910. The highest BCUT2D eigenvalue weighted by Gasteiger charge is 2.23. The molecule has 0 aliphatic heterocycles. The number of aromatic nitrogens is 2. The fourth-order valence-corrected chi connectivity index (χ4v) is 8.18. The minimum absolute atomic E-state index is 0.910. The topological polar surface area (TPSA) is 23.0 Å². The van der Waals surface area contributed by atoms with E-state index in [1.807, 2.05) is 12.1 Å². The van der Waals surface area contributed by atoms with Gasteiger partial charge >= 0.3 is 0 Å². The standard InChI is InChI=1S/C43H26N2O/c1-2-10-30-26(9-1)23-27-17-18-28(24-34(27)30)44-36-14-6-3-12-32(36)42-38(44)20-21-39-43(42)33-13-4-7-15-37(33)45(39)29-19-22-41-35(25-29)31-11-5-8-16-40(31)46-41/h1-22,24-25H,23H2. The molecule has 0 fully saturated rings. The summed E-state index contributed by atoms with van der Waals surface area (Å²) >= 11 is 0. The average Bonchev–Trinajstić information content (AvgIpc) is 3.85. The maximum absolute atomic E-state index is 6.19. The van der Waals surface area contributed by atoms with E-state index in [0.29, 0.717) is 0 Å². The van der Waals surface area contributed by atoms with Gasteiger partial charge in [-0.2, -0.15) is 0 Å². The molecule has 0 bridgehead atoms. The fraction of sp³-hybridized carbons (Fsp3) is 0.0233. The molecule has 10 aromatic rings. The number of furan rings is 1. The zero-order chi connectivity index (χ0) is 29.9. The lowest BCUT2D eigenvalue weighted by atomic mass is 10.0. The lowest BCUT2D eigenvalue weighted by molar-refractivity contribution is 0.669. The molecular weight excluding hydrogens is 560 g/mol. The Morgan fingerprint density at radius 3 is 1.72 bits per heavy atom. The molecule has 3 aromatic heterocycles. The molecule has 1 aliphatic rings. The average molecular weight is 587 g/mol. The van der Waals surface area contributed by atoms with Crippen LogP contribution in [-0.4, -0.2) is 9.13 Å². The summed E-state index contributed by atoms with van der Waals surface area (Å²) in [5, 5.41) is 7.37. The van der Waals surface area contributed by atoms with Crippen LogP contribution in [0, 0.1) is 0 Å². The van der Waals surface area contributed by atoms with Crippen LogP contribution < -0.4 is 0 Å². The van der Waals surface area contributed by atoms with Gasteiger partial charge in [-0.3, -0.25) is 0 Å². The number of rotatable bonds is 2. The van der Waals surface area contributed by atoms with Crippen molar-refractivity contribution < 1.29 is 4.42 Å². The largest absolute Gasteiger partial charge is 0.456 e. The van der Waals surface area contributed by atoms with E-state index in [0.717, 1.165) is 34.0 Å². The zero-order valence-corrected chi connectivity index (χ0v) is 24.9. The molecule has 0 radical (unpaired) electrons. The van der Waals surface area contributed by atoms with Crippen molar-refractivity contribution >= 4 is 65.6 Å². The van der Waals surface area contributed by atoms with Crippen molar-refractivity contribution in [1.29, 1.82) is 0 Å². The molecule has 0 atom stereocenters. The molecule has 0 saturated carbocycles. The quantitative estimate of drug-likeness (QED) is 0.198. The van der Waals surface area contributed by atoms with E-state index < -0.39 is 0 Å². The van der Waals surface area contributed by atoms with Crippen molar-refractivity contribution in [2.24, 2.45) is 0 Å².